The van der Waals surface area contributed by atoms with Gasteiger partial charge in [0.15, 0.2) is 5.78 Å². The van der Waals surface area contributed by atoms with Crippen molar-refractivity contribution in [3.8, 4) is 5.75 Å². The molecule has 3 aromatic carbocycles. The molecule has 0 spiro atoms. The second kappa shape index (κ2) is 9.07. The second-order valence-electron chi connectivity index (χ2n) is 5.94. The van der Waals surface area contributed by atoms with Crippen LogP contribution >= 0.6 is 15.9 Å². The van der Waals surface area contributed by atoms with Crippen LogP contribution in [-0.2, 0) is 0 Å². The van der Waals surface area contributed by atoms with Crippen LogP contribution in [0.15, 0.2) is 83.3 Å². The third kappa shape index (κ3) is 5.24. The molecule has 6 nitrogen and oxygen atoms in total. The zero-order valence-electron chi connectivity index (χ0n) is 14.9. The van der Waals surface area contributed by atoms with Crippen LogP contribution in [0, 0.1) is 10.1 Å². The lowest BCUT2D eigenvalue weighted by molar-refractivity contribution is -0.384. The highest BCUT2D eigenvalue weighted by atomic mass is 79.9. The number of allylic oxidation sites excluding steroid dienone is 1. The molecule has 0 bridgehead atoms. The van der Waals surface area contributed by atoms with E-state index in [1.54, 1.807) is 48.5 Å². The number of non-ortho nitro benzene ring substituents is 1. The average Bonchev–Trinajstić information content (AvgIpc) is 2.73. The minimum atomic E-state index is -0.512. The van der Waals surface area contributed by atoms with Crippen molar-refractivity contribution in [3.63, 3.8) is 0 Å². The zero-order chi connectivity index (χ0) is 20.8. The fourth-order valence-electron chi connectivity index (χ4n) is 2.49. The number of hydrogen-bond acceptors (Lipinski definition) is 5. The predicted molar refractivity (Wildman–Crippen MR) is 112 cm³/mol. The van der Waals surface area contributed by atoms with E-state index in [2.05, 4.69) is 15.9 Å². The molecule has 0 heterocycles. The number of carbonyl (C=O) groups is 2. The van der Waals surface area contributed by atoms with E-state index >= 15 is 0 Å². The fraction of sp³-hybridized carbons (Fsp3) is 0. The normalized spacial score (nSPS) is 10.7. The molecule has 0 saturated heterocycles. The fourth-order valence-corrected chi connectivity index (χ4v) is 2.93. The van der Waals surface area contributed by atoms with E-state index < -0.39 is 10.9 Å². The summed E-state index contributed by atoms with van der Waals surface area (Å²) in [6.07, 6.45) is 2.84. The van der Waals surface area contributed by atoms with Gasteiger partial charge in [-0.05, 0) is 64.0 Å². The van der Waals surface area contributed by atoms with Crippen molar-refractivity contribution in [3.05, 3.63) is 110 Å². The van der Waals surface area contributed by atoms with Crippen LogP contribution < -0.4 is 4.74 Å². The summed E-state index contributed by atoms with van der Waals surface area (Å²) in [7, 11) is 0. The molecule has 0 atom stereocenters. The van der Waals surface area contributed by atoms with Crippen molar-refractivity contribution >= 4 is 39.4 Å². The number of ketones is 1. The second-order valence-corrected chi connectivity index (χ2v) is 6.80. The molecule has 0 fully saturated rings. The van der Waals surface area contributed by atoms with E-state index in [1.807, 2.05) is 0 Å². The summed E-state index contributed by atoms with van der Waals surface area (Å²) in [4.78, 5) is 34.8. The summed E-state index contributed by atoms with van der Waals surface area (Å²) in [5.74, 6) is -0.479. The Morgan fingerprint density at radius 1 is 0.966 bits per heavy atom. The first-order valence-electron chi connectivity index (χ1n) is 8.48. The summed E-state index contributed by atoms with van der Waals surface area (Å²) < 4.78 is 5.95. The number of nitro groups is 1. The van der Waals surface area contributed by atoms with Gasteiger partial charge in [-0.2, -0.15) is 0 Å². The van der Waals surface area contributed by atoms with Gasteiger partial charge in [-0.15, -0.1) is 0 Å². The van der Waals surface area contributed by atoms with Crippen LogP contribution in [0.25, 0.3) is 6.08 Å². The minimum absolute atomic E-state index is 0.0455. The van der Waals surface area contributed by atoms with Gasteiger partial charge in [-0.1, -0.05) is 30.3 Å². The minimum Gasteiger partial charge on any atom is -0.423 e. The van der Waals surface area contributed by atoms with E-state index in [0.717, 1.165) is 0 Å². The van der Waals surface area contributed by atoms with Crippen LogP contribution in [0.4, 0.5) is 5.69 Å². The van der Waals surface area contributed by atoms with Gasteiger partial charge in [0, 0.05) is 22.2 Å². The first-order valence-corrected chi connectivity index (χ1v) is 9.27. The lowest BCUT2D eigenvalue weighted by Gasteiger charge is -2.06. The Hall–Kier alpha value is -3.58. The maximum atomic E-state index is 12.3. The molecule has 0 amide bonds. The molecule has 0 radical (unpaired) electrons. The number of nitrogens with zero attached hydrogens (tertiary/aromatic N) is 1. The van der Waals surface area contributed by atoms with Crippen LogP contribution in [0.5, 0.6) is 5.75 Å². The lowest BCUT2D eigenvalue weighted by Crippen LogP contribution is -2.09. The Bertz CT molecular complexity index is 1110. The average molecular weight is 452 g/mol. The van der Waals surface area contributed by atoms with Gasteiger partial charge in [-0.25, -0.2) is 4.79 Å². The molecule has 3 rings (SSSR count). The van der Waals surface area contributed by atoms with Crippen molar-refractivity contribution in [2.45, 2.75) is 0 Å². The van der Waals surface area contributed by atoms with Crippen LogP contribution in [0.3, 0.4) is 0 Å². The molecule has 0 N–H and O–H groups in total. The highest BCUT2D eigenvalue weighted by molar-refractivity contribution is 9.10. The maximum Gasteiger partial charge on any atom is 0.344 e. The molecule has 144 valence electrons. The van der Waals surface area contributed by atoms with Crippen LogP contribution in [0.1, 0.15) is 26.3 Å². The summed E-state index contributed by atoms with van der Waals surface area (Å²) >= 11 is 3.30. The Morgan fingerprint density at radius 3 is 2.38 bits per heavy atom. The molecular formula is C22H14BrNO5. The molecule has 0 saturated carbocycles. The first-order chi connectivity index (χ1) is 13.9. The van der Waals surface area contributed by atoms with Crippen molar-refractivity contribution in [2.75, 3.05) is 0 Å². The highest BCUT2D eigenvalue weighted by Gasteiger charge is 2.12. The molecule has 0 aliphatic carbocycles. The number of hydrogen-bond donors (Lipinski definition) is 0. The number of halogens is 1. The Morgan fingerprint density at radius 2 is 1.69 bits per heavy atom. The number of benzene rings is 3. The van der Waals surface area contributed by atoms with Crippen molar-refractivity contribution in [1.82, 2.24) is 0 Å². The maximum absolute atomic E-state index is 12.3. The summed E-state index contributed by atoms with van der Waals surface area (Å²) in [6.45, 7) is 0. The van der Waals surface area contributed by atoms with E-state index in [0.29, 0.717) is 26.9 Å². The summed E-state index contributed by atoms with van der Waals surface area (Å²) in [5, 5.41) is 10.8. The molecule has 0 aromatic heterocycles. The molecule has 7 heteroatoms. The van der Waals surface area contributed by atoms with Gasteiger partial charge in [0.25, 0.3) is 5.69 Å². The Kier molecular flexibility index (Phi) is 6.31. The van der Waals surface area contributed by atoms with E-state index in [9.17, 15) is 19.7 Å². The molecule has 29 heavy (non-hydrogen) atoms. The standard InChI is InChI=1S/C22H14BrNO5/c23-20-7-2-1-6-19(20)22(26)29-18-11-9-16(10-12-18)21(25)13-8-15-4-3-5-17(14-15)24(27)28/h1-14H. The number of esters is 1. The molecular weight excluding hydrogens is 438 g/mol. The highest BCUT2D eigenvalue weighted by Crippen LogP contribution is 2.20. The van der Waals surface area contributed by atoms with Crippen molar-refractivity contribution in [1.29, 1.82) is 0 Å². The van der Waals surface area contributed by atoms with Gasteiger partial charge in [0.05, 0.1) is 10.5 Å². The van der Waals surface area contributed by atoms with Gasteiger partial charge in [0.2, 0.25) is 0 Å². The van der Waals surface area contributed by atoms with Gasteiger partial charge < -0.3 is 4.74 Å². The van der Waals surface area contributed by atoms with E-state index in [4.69, 9.17) is 4.74 Å². The largest absolute Gasteiger partial charge is 0.423 e. The quantitative estimate of drug-likeness (QED) is 0.124. The SMILES string of the molecule is O=C(C=Cc1cccc([N+](=O)[O-])c1)c1ccc(OC(=O)c2ccccc2Br)cc1. The monoisotopic (exact) mass is 451 g/mol. The zero-order valence-corrected chi connectivity index (χ0v) is 16.5. The van der Waals surface area contributed by atoms with E-state index in [-0.39, 0.29) is 11.5 Å². The van der Waals surface area contributed by atoms with Crippen LogP contribution in [-0.4, -0.2) is 16.7 Å². The van der Waals surface area contributed by atoms with Crippen molar-refractivity contribution in [2.24, 2.45) is 0 Å². The number of rotatable bonds is 6. The van der Waals surface area contributed by atoms with Crippen LogP contribution in [0.2, 0.25) is 0 Å². The van der Waals surface area contributed by atoms with Crippen molar-refractivity contribution < 1.29 is 19.2 Å². The molecule has 0 unspecified atom stereocenters. The topological polar surface area (TPSA) is 86.5 Å². The van der Waals surface area contributed by atoms with Gasteiger partial charge >= 0.3 is 5.97 Å². The van der Waals surface area contributed by atoms with Gasteiger partial charge in [0.1, 0.15) is 5.75 Å². The molecule has 0 aliphatic rings. The Balaban J connectivity index is 1.67. The van der Waals surface area contributed by atoms with Gasteiger partial charge in [-0.3, -0.25) is 14.9 Å². The summed E-state index contributed by atoms with van der Waals surface area (Å²) in [5.41, 5.74) is 1.29. The Labute approximate surface area is 174 Å². The first kappa shape index (κ1) is 20.2. The smallest absolute Gasteiger partial charge is 0.344 e. The molecule has 3 aromatic rings. The third-order valence-corrected chi connectivity index (χ3v) is 4.64. The number of nitro benzene ring substituents is 1. The molecule has 0 aliphatic heterocycles. The predicted octanol–water partition coefficient (Wildman–Crippen LogP) is 5.47. The lowest BCUT2D eigenvalue weighted by atomic mass is 10.1. The van der Waals surface area contributed by atoms with E-state index in [1.165, 1.54) is 36.4 Å². The number of carbonyl (C=O) groups excluding carboxylic acids is 2. The summed E-state index contributed by atoms with van der Waals surface area (Å²) in [6, 6.07) is 19.0. The number of ether oxygens (including phenoxy) is 1. The third-order valence-electron chi connectivity index (χ3n) is 3.95.